The van der Waals surface area contributed by atoms with E-state index in [0.29, 0.717) is 4.53 Å². The Morgan fingerprint density at radius 3 is 2.81 bits per heavy atom. The number of benzene rings is 2. The van der Waals surface area contributed by atoms with Gasteiger partial charge in [0.05, 0.1) is 23.8 Å². The Balaban J connectivity index is 1.79. The summed E-state index contributed by atoms with van der Waals surface area (Å²) in [5, 5.41) is 0. The molecular weight excluding hydrogens is 358 g/mol. The van der Waals surface area contributed by atoms with Gasteiger partial charge in [0.15, 0.2) is 4.96 Å². The molecule has 0 bridgehead atoms. The van der Waals surface area contributed by atoms with E-state index in [2.05, 4.69) is 16.8 Å². The minimum absolute atomic E-state index is 0.0150. The summed E-state index contributed by atoms with van der Waals surface area (Å²) in [6, 6.07) is 13.7. The van der Waals surface area contributed by atoms with E-state index in [1.807, 2.05) is 54.6 Å². The molecule has 0 unspecified atom stereocenters. The van der Waals surface area contributed by atoms with Gasteiger partial charge in [-0.25, -0.2) is 9.38 Å². The number of nitrogens with zero attached hydrogens (tertiary/aromatic N) is 3. The highest BCUT2D eigenvalue weighted by molar-refractivity contribution is 7.15. The van der Waals surface area contributed by atoms with Crippen LogP contribution in [0.2, 0.25) is 0 Å². The lowest BCUT2D eigenvalue weighted by Gasteiger charge is -2.29. The number of anilines is 1. The van der Waals surface area contributed by atoms with Crippen LogP contribution in [0.25, 0.3) is 27.8 Å². The van der Waals surface area contributed by atoms with Crippen LogP contribution < -0.4 is 19.7 Å². The fourth-order valence-corrected chi connectivity index (χ4v) is 4.69. The zero-order valence-corrected chi connectivity index (χ0v) is 15.8. The van der Waals surface area contributed by atoms with Crippen molar-refractivity contribution in [1.82, 2.24) is 9.38 Å². The van der Waals surface area contributed by atoms with Crippen molar-refractivity contribution in [3.8, 4) is 5.75 Å². The average Bonchev–Trinajstić information content (AvgIpc) is 3.23. The molecule has 0 fully saturated rings. The Bertz CT molecular complexity index is 1330. The van der Waals surface area contributed by atoms with Crippen molar-refractivity contribution in [1.29, 1.82) is 0 Å². The first kappa shape index (κ1) is 16.1. The number of methoxy groups -OCH3 is 1. The maximum absolute atomic E-state index is 13.2. The molecule has 1 aliphatic heterocycles. The summed E-state index contributed by atoms with van der Waals surface area (Å²) < 4.78 is 7.76. The third-order valence-electron chi connectivity index (χ3n) is 4.91. The number of likely N-dealkylation sites (N-methyl/N-ethyl adjacent to an activating group) is 1. The Morgan fingerprint density at radius 1 is 1.15 bits per heavy atom. The molecule has 0 radical (unpaired) electrons. The molecule has 2 aromatic carbocycles. The van der Waals surface area contributed by atoms with Crippen LogP contribution in [0.4, 0.5) is 5.69 Å². The van der Waals surface area contributed by atoms with Crippen LogP contribution in [0.15, 0.2) is 53.3 Å². The Morgan fingerprint density at radius 2 is 2.00 bits per heavy atom. The molecule has 0 spiro atoms. The van der Waals surface area contributed by atoms with Crippen LogP contribution in [-0.4, -0.2) is 23.0 Å². The lowest BCUT2D eigenvalue weighted by atomic mass is 10.1. The number of rotatable bonds is 2. The predicted molar refractivity (Wildman–Crippen MR) is 111 cm³/mol. The molecule has 0 N–H and O–H groups in total. The second-order valence-electron chi connectivity index (χ2n) is 6.34. The van der Waals surface area contributed by atoms with Gasteiger partial charge < -0.3 is 9.64 Å². The summed E-state index contributed by atoms with van der Waals surface area (Å²) in [5.41, 5.74) is 4.76. The van der Waals surface area contributed by atoms with Gasteiger partial charge in [-0.3, -0.25) is 4.79 Å². The highest BCUT2D eigenvalue weighted by atomic mass is 32.1. The number of thiazole rings is 1. The molecule has 0 amide bonds. The fraction of sp³-hybridized carbons (Fsp3) is 0.143. The number of fused-ring (bicyclic) bond motifs is 4. The van der Waals surface area contributed by atoms with Crippen LogP contribution in [0.3, 0.4) is 0 Å². The molecule has 5 rings (SSSR count). The third-order valence-corrected chi connectivity index (χ3v) is 5.95. The molecule has 27 heavy (non-hydrogen) atoms. The predicted octanol–water partition coefficient (Wildman–Crippen LogP) is 3.30. The first-order chi connectivity index (χ1) is 13.2. The Labute approximate surface area is 159 Å². The van der Waals surface area contributed by atoms with E-state index >= 15 is 0 Å². The molecule has 0 atom stereocenters. The number of imidazole rings is 1. The summed E-state index contributed by atoms with van der Waals surface area (Å²) in [4.78, 5) is 20.7. The van der Waals surface area contributed by atoms with E-state index in [0.717, 1.165) is 45.2 Å². The third kappa shape index (κ3) is 2.30. The van der Waals surface area contributed by atoms with Crippen molar-refractivity contribution < 1.29 is 4.74 Å². The molecule has 3 heterocycles. The highest BCUT2D eigenvalue weighted by Crippen LogP contribution is 2.33. The van der Waals surface area contributed by atoms with Crippen molar-refractivity contribution in [2.45, 2.75) is 6.92 Å². The molecule has 0 saturated carbocycles. The van der Waals surface area contributed by atoms with Crippen LogP contribution in [0, 0.1) is 0 Å². The molecule has 5 nitrogen and oxygen atoms in total. The Kier molecular flexibility index (Phi) is 3.55. The van der Waals surface area contributed by atoms with Crippen LogP contribution >= 0.6 is 11.3 Å². The Hall–Kier alpha value is -3.12. The first-order valence-corrected chi connectivity index (χ1v) is 9.61. The van der Waals surface area contributed by atoms with Crippen molar-refractivity contribution >= 4 is 44.8 Å². The summed E-state index contributed by atoms with van der Waals surface area (Å²) in [6.07, 6.45) is 4.06. The molecule has 0 aliphatic carbocycles. The van der Waals surface area contributed by atoms with Crippen molar-refractivity contribution in [2.75, 3.05) is 18.6 Å². The van der Waals surface area contributed by atoms with Gasteiger partial charge in [-0.2, -0.15) is 0 Å². The number of para-hydroxylation sites is 2. The monoisotopic (exact) mass is 375 g/mol. The summed E-state index contributed by atoms with van der Waals surface area (Å²) in [5.74, 6) is 0.823. The van der Waals surface area contributed by atoms with Gasteiger partial charge in [0, 0.05) is 17.8 Å². The second kappa shape index (κ2) is 5.96. The summed E-state index contributed by atoms with van der Waals surface area (Å²) >= 11 is 1.44. The average molecular weight is 375 g/mol. The SMILES string of the molecule is CCN1/C(=c2/sc3nc4ccccc4n3c2=O)C=Cc2cc(OC)ccc21. The van der Waals surface area contributed by atoms with E-state index in [4.69, 9.17) is 4.74 Å². The second-order valence-corrected chi connectivity index (χ2v) is 7.32. The lowest BCUT2D eigenvalue weighted by molar-refractivity contribution is 0.414. The molecule has 2 aromatic heterocycles. The zero-order chi connectivity index (χ0) is 18.5. The van der Waals surface area contributed by atoms with Crippen LogP contribution in [0.5, 0.6) is 5.75 Å². The normalized spacial score (nSPS) is 15.6. The summed E-state index contributed by atoms with van der Waals surface area (Å²) in [6.45, 7) is 2.85. The topological polar surface area (TPSA) is 46.8 Å². The minimum Gasteiger partial charge on any atom is -0.497 e. The lowest BCUT2D eigenvalue weighted by Crippen LogP contribution is -2.33. The standard InChI is InChI=1S/C21H17N3O2S/c1-3-23-16-11-9-14(26-2)12-13(16)8-10-18(23)19-20(25)24-17-7-5-4-6-15(17)22-21(24)27-19/h4-12H,3H2,1-2H3/b19-18+. The molecule has 1 aliphatic rings. The molecular formula is C21H17N3O2S. The maximum atomic E-state index is 13.2. The minimum atomic E-state index is -0.0150. The number of aromatic nitrogens is 2. The number of ether oxygens (including phenoxy) is 1. The number of hydrogen-bond donors (Lipinski definition) is 0. The van der Waals surface area contributed by atoms with Gasteiger partial charge >= 0.3 is 0 Å². The van der Waals surface area contributed by atoms with E-state index in [1.54, 1.807) is 11.5 Å². The van der Waals surface area contributed by atoms with Crippen molar-refractivity contribution in [3.05, 3.63) is 69.0 Å². The molecule has 134 valence electrons. The zero-order valence-electron chi connectivity index (χ0n) is 15.0. The van der Waals surface area contributed by atoms with Crippen molar-refractivity contribution in [2.24, 2.45) is 0 Å². The maximum Gasteiger partial charge on any atom is 0.277 e. The number of hydrogen-bond acceptors (Lipinski definition) is 5. The fourth-order valence-electron chi connectivity index (χ4n) is 3.63. The highest BCUT2D eigenvalue weighted by Gasteiger charge is 2.20. The van der Waals surface area contributed by atoms with E-state index in [9.17, 15) is 4.79 Å². The van der Waals surface area contributed by atoms with Gasteiger partial charge in [-0.15, -0.1) is 0 Å². The molecule has 0 saturated heterocycles. The van der Waals surface area contributed by atoms with E-state index in [1.165, 1.54) is 11.3 Å². The van der Waals surface area contributed by atoms with Crippen LogP contribution in [-0.2, 0) is 0 Å². The smallest absolute Gasteiger partial charge is 0.277 e. The van der Waals surface area contributed by atoms with Crippen molar-refractivity contribution in [3.63, 3.8) is 0 Å². The van der Waals surface area contributed by atoms with E-state index in [-0.39, 0.29) is 5.56 Å². The molecule has 6 heteroatoms. The van der Waals surface area contributed by atoms with Gasteiger partial charge in [0.1, 0.15) is 10.3 Å². The largest absolute Gasteiger partial charge is 0.497 e. The first-order valence-electron chi connectivity index (χ1n) is 8.79. The van der Waals surface area contributed by atoms with Gasteiger partial charge in [-0.05, 0) is 43.3 Å². The summed E-state index contributed by atoms with van der Waals surface area (Å²) in [7, 11) is 1.67. The molecule has 4 aromatic rings. The van der Waals surface area contributed by atoms with E-state index < -0.39 is 0 Å². The van der Waals surface area contributed by atoms with Gasteiger partial charge in [-0.1, -0.05) is 29.5 Å². The van der Waals surface area contributed by atoms with Gasteiger partial charge in [0.2, 0.25) is 0 Å². The quantitative estimate of drug-likeness (QED) is 0.539. The van der Waals surface area contributed by atoms with Gasteiger partial charge in [0.25, 0.3) is 5.56 Å². The van der Waals surface area contributed by atoms with Crippen LogP contribution in [0.1, 0.15) is 12.5 Å².